The molecule has 41 heavy (non-hydrogen) atoms. The molecule has 11 atom stereocenters. The van der Waals surface area contributed by atoms with Gasteiger partial charge in [-0.1, -0.05) is 65.2 Å². The summed E-state index contributed by atoms with van der Waals surface area (Å²) in [5.41, 5.74) is 0. The Balaban J connectivity index is 2.06. The van der Waals surface area contributed by atoms with Crippen molar-refractivity contribution in [1.29, 1.82) is 0 Å². The summed E-state index contributed by atoms with van der Waals surface area (Å²) < 4.78 is 41.9. The van der Waals surface area contributed by atoms with Crippen molar-refractivity contribution in [3.8, 4) is 0 Å². The van der Waals surface area contributed by atoms with E-state index < -0.39 is 74.6 Å². The SMILES string of the molecule is CCCCCCCCCCC(CC)O[C@@H]1OC(CO)[C@@H](OC2OC(CO)[C@@H](OCC)C(O)C2O)C(OCC)C1OC. The van der Waals surface area contributed by atoms with Gasteiger partial charge >= 0.3 is 0 Å². The summed E-state index contributed by atoms with van der Waals surface area (Å²) in [7, 11) is 1.54. The van der Waals surface area contributed by atoms with Crippen LogP contribution in [-0.2, 0) is 33.2 Å². The number of methoxy groups -OCH3 is 1. The zero-order valence-electron chi connectivity index (χ0n) is 25.9. The highest BCUT2D eigenvalue weighted by Crippen LogP contribution is 2.33. The van der Waals surface area contributed by atoms with Crippen LogP contribution in [0, 0.1) is 0 Å². The molecular weight excluding hydrogens is 536 g/mol. The van der Waals surface area contributed by atoms with E-state index in [2.05, 4.69) is 13.8 Å². The first-order valence-corrected chi connectivity index (χ1v) is 15.9. The number of aliphatic hydroxyl groups is 4. The molecule has 2 saturated heterocycles. The van der Waals surface area contributed by atoms with Gasteiger partial charge < -0.3 is 53.6 Å². The molecule has 2 aliphatic heterocycles. The van der Waals surface area contributed by atoms with Gasteiger partial charge in [0.1, 0.15) is 48.8 Å². The Bertz CT molecular complexity index is 654. The second-order valence-electron chi connectivity index (χ2n) is 11.0. The third kappa shape index (κ3) is 10.9. The third-order valence-electron chi connectivity index (χ3n) is 8.04. The molecule has 0 radical (unpaired) electrons. The fraction of sp³-hybridized carbons (Fsp3) is 1.00. The van der Waals surface area contributed by atoms with Crippen LogP contribution >= 0.6 is 0 Å². The molecule has 2 fully saturated rings. The van der Waals surface area contributed by atoms with Gasteiger partial charge in [-0.2, -0.15) is 0 Å². The minimum atomic E-state index is -1.47. The fourth-order valence-electron chi connectivity index (χ4n) is 5.71. The Hall–Kier alpha value is -0.440. The Kier molecular flexibility index (Phi) is 18.4. The van der Waals surface area contributed by atoms with Gasteiger partial charge in [-0.25, -0.2) is 0 Å². The van der Waals surface area contributed by atoms with Gasteiger partial charge in [0.05, 0.1) is 19.3 Å². The van der Waals surface area contributed by atoms with E-state index in [0.717, 1.165) is 25.7 Å². The maximum Gasteiger partial charge on any atom is 0.187 e. The Morgan fingerprint density at radius 3 is 1.78 bits per heavy atom. The van der Waals surface area contributed by atoms with Crippen molar-refractivity contribution in [2.24, 2.45) is 0 Å². The average molecular weight is 595 g/mol. The molecule has 11 heteroatoms. The molecule has 0 bridgehead atoms. The fourth-order valence-corrected chi connectivity index (χ4v) is 5.71. The zero-order valence-corrected chi connectivity index (χ0v) is 25.9. The summed E-state index contributed by atoms with van der Waals surface area (Å²) in [6.07, 6.45) is 1.54. The molecular formula is C30H58O11. The summed E-state index contributed by atoms with van der Waals surface area (Å²) in [6, 6.07) is 0. The van der Waals surface area contributed by atoms with E-state index in [1.54, 1.807) is 6.92 Å². The van der Waals surface area contributed by atoms with Crippen LogP contribution < -0.4 is 0 Å². The Morgan fingerprint density at radius 1 is 0.659 bits per heavy atom. The zero-order chi connectivity index (χ0) is 30.2. The number of hydrogen-bond acceptors (Lipinski definition) is 11. The molecule has 8 unspecified atom stereocenters. The number of unbranched alkanes of at least 4 members (excludes halogenated alkanes) is 7. The topological polar surface area (TPSA) is 146 Å². The van der Waals surface area contributed by atoms with Gasteiger partial charge in [0.25, 0.3) is 0 Å². The first-order valence-electron chi connectivity index (χ1n) is 15.9. The summed E-state index contributed by atoms with van der Waals surface area (Å²) >= 11 is 0. The number of aliphatic hydroxyl groups excluding tert-OH is 4. The van der Waals surface area contributed by atoms with E-state index in [1.165, 1.54) is 45.6 Å². The maximum absolute atomic E-state index is 10.8. The Morgan fingerprint density at radius 2 is 1.22 bits per heavy atom. The normalized spacial score (nSPS) is 35.0. The highest BCUT2D eigenvalue weighted by molar-refractivity contribution is 4.96. The van der Waals surface area contributed by atoms with Crippen LogP contribution in [0.4, 0.5) is 0 Å². The lowest BCUT2D eigenvalue weighted by Crippen LogP contribution is -2.66. The molecule has 0 aromatic carbocycles. The second kappa shape index (κ2) is 20.5. The van der Waals surface area contributed by atoms with Gasteiger partial charge in [0.2, 0.25) is 0 Å². The molecule has 2 rings (SSSR count). The van der Waals surface area contributed by atoms with Crippen LogP contribution in [0.5, 0.6) is 0 Å². The van der Waals surface area contributed by atoms with Crippen molar-refractivity contribution in [3.63, 3.8) is 0 Å². The van der Waals surface area contributed by atoms with Crippen molar-refractivity contribution < 1.29 is 53.6 Å². The standard InChI is InChI=1S/C30H58O11/c1-6-10-11-12-13-14-15-16-17-20(7-2)38-30-28(35-5)27(37-9-4)26(22(19-32)40-30)41-29-24(34)23(33)25(36-8-3)21(18-31)39-29/h20-34H,6-19H2,1-5H3/t20?,21?,22?,23?,24?,25-,26-,27?,28?,29?,30-/m1/s1. The lowest BCUT2D eigenvalue weighted by atomic mass is 9.96. The van der Waals surface area contributed by atoms with Crippen LogP contribution in [0.25, 0.3) is 0 Å². The highest BCUT2D eigenvalue weighted by Gasteiger charge is 2.52. The second-order valence-corrected chi connectivity index (χ2v) is 11.0. The van der Waals surface area contributed by atoms with Crippen molar-refractivity contribution in [2.75, 3.05) is 33.5 Å². The van der Waals surface area contributed by atoms with Crippen molar-refractivity contribution in [3.05, 3.63) is 0 Å². The van der Waals surface area contributed by atoms with Crippen molar-refractivity contribution in [2.45, 2.75) is 159 Å². The molecule has 11 nitrogen and oxygen atoms in total. The summed E-state index contributed by atoms with van der Waals surface area (Å²) in [6.45, 7) is 7.64. The Labute approximate surface area is 246 Å². The molecule has 244 valence electrons. The first kappa shape index (κ1) is 36.8. The van der Waals surface area contributed by atoms with E-state index in [4.69, 9.17) is 33.2 Å². The third-order valence-corrected chi connectivity index (χ3v) is 8.04. The number of ether oxygens (including phenoxy) is 7. The largest absolute Gasteiger partial charge is 0.394 e. The lowest BCUT2D eigenvalue weighted by molar-refractivity contribution is -0.369. The molecule has 4 N–H and O–H groups in total. The number of rotatable bonds is 21. The van der Waals surface area contributed by atoms with E-state index in [0.29, 0.717) is 6.61 Å². The minimum Gasteiger partial charge on any atom is -0.394 e. The molecule has 0 saturated carbocycles. The molecule has 0 spiro atoms. The summed E-state index contributed by atoms with van der Waals surface area (Å²) in [5.74, 6) is 0. The molecule has 2 aliphatic rings. The molecule has 0 aromatic rings. The van der Waals surface area contributed by atoms with Gasteiger partial charge in [0, 0.05) is 20.3 Å². The van der Waals surface area contributed by atoms with Crippen LogP contribution in [0.1, 0.15) is 91.9 Å². The quantitative estimate of drug-likeness (QED) is 0.146. The lowest BCUT2D eigenvalue weighted by Gasteiger charge is -2.48. The van der Waals surface area contributed by atoms with Gasteiger partial charge in [-0.3, -0.25) is 0 Å². The van der Waals surface area contributed by atoms with Crippen LogP contribution in [0.3, 0.4) is 0 Å². The maximum atomic E-state index is 10.8. The molecule has 0 amide bonds. The van der Waals surface area contributed by atoms with Gasteiger partial charge in [0.15, 0.2) is 12.6 Å². The summed E-state index contributed by atoms with van der Waals surface area (Å²) in [4.78, 5) is 0. The molecule has 0 aliphatic carbocycles. The molecule has 0 aromatic heterocycles. The average Bonchev–Trinajstić information content (AvgIpc) is 2.98. The predicted molar refractivity (Wildman–Crippen MR) is 152 cm³/mol. The first-order chi connectivity index (χ1) is 19.9. The van der Waals surface area contributed by atoms with Crippen molar-refractivity contribution >= 4 is 0 Å². The van der Waals surface area contributed by atoms with Gasteiger partial charge in [-0.05, 0) is 26.7 Å². The van der Waals surface area contributed by atoms with Crippen LogP contribution in [-0.4, -0.2) is 121 Å². The molecule has 2 heterocycles. The smallest absolute Gasteiger partial charge is 0.187 e. The van der Waals surface area contributed by atoms with Gasteiger partial charge in [-0.15, -0.1) is 0 Å². The number of hydrogen-bond donors (Lipinski definition) is 4. The monoisotopic (exact) mass is 594 g/mol. The van der Waals surface area contributed by atoms with Crippen LogP contribution in [0.2, 0.25) is 0 Å². The van der Waals surface area contributed by atoms with E-state index >= 15 is 0 Å². The minimum absolute atomic E-state index is 0.0451. The van der Waals surface area contributed by atoms with E-state index in [-0.39, 0.29) is 12.7 Å². The summed E-state index contributed by atoms with van der Waals surface area (Å²) in [5, 5.41) is 41.6. The highest BCUT2D eigenvalue weighted by atomic mass is 16.8. The van der Waals surface area contributed by atoms with Crippen molar-refractivity contribution in [1.82, 2.24) is 0 Å². The van der Waals surface area contributed by atoms with E-state index in [1.807, 2.05) is 6.92 Å². The van der Waals surface area contributed by atoms with Crippen LogP contribution in [0.15, 0.2) is 0 Å². The predicted octanol–water partition coefficient (Wildman–Crippen LogP) is 2.68. The van der Waals surface area contributed by atoms with E-state index in [9.17, 15) is 20.4 Å².